The molecule has 6 nitrogen and oxygen atoms in total. The molecule has 0 saturated carbocycles. The van der Waals surface area contributed by atoms with E-state index in [0.29, 0.717) is 11.4 Å². The summed E-state index contributed by atoms with van der Waals surface area (Å²) in [6, 6.07) is 2.66. The molecular weight excluding hydrogens is 244 g/mol. The van der Waals surface area contributed by atoms with E-state index < -0.39 is 4.92 Å². The van der Waals surface area contributed by atoms with E-state index >= 15 is 0 Å². The van der Waals surface area contributed by atoms with Crippen LogP contribution in [-0.2, 0) is 0 Å². The largest absolute Gasteiger partial charge is 0.394 e. The maximum absolute atomic E-state index is 12.1. The van der Waals surface area contributed by atoms with Crippen LogP contribution in [0.3, 0.4) is 0 Å². The van der Waals surface area contributed by atoms with Crippen molar-refractivity contribution >= 4 is 22.2 Å². The van der Waals surface area contributed by atoms with Crippen molar-refractivity contribution in [3.63, 3.8) is 0 Å². The third-order valence-electron chi connectivity index (χ3n) is 2.83. The van der Waals surface area contributed by atoms with Gasteiger partial charge in [-0.1, -0.05) is 11.3 Å². The van der Waals surface area contributed by atoms with E-state index in [2.05, 4.69) is 0 Å². The van der Waals surface area contributed by atoms with E-state index in [-0.39, 0.29) is 23.6 Å². The number of nitro groups is 1. The summed E-state index contributed by atoms with van der Waals surface area (Å²) in [6.45, 7) is 0.551. The third kappa shape index (κ3) is 2.29. The molecule has 1 amide bonds. The third-order valence-corrected chi connectivity index (χ3v) is 3.86. The van der Waals surface area contributed by atoms with Gasteiger partial charge in [0.15, 0.2) is 0 Å². The molecule has 1 atom stereocenters. The number of thiophene rings is 1. The smallest absolute Gasteiger partial charge is 0.324 e. The van der Waals surface area contributed by atoms with Crippen molar-refractivity contribution in [3.8, 4) is 0 Å². The maximum Gasteiger partial charge on any atom is 0.324 e. The van der Waals surface area contributed by atoms with Gasteiger partial charge in [0, 0.05) is 12.6 Å². The molecule has 7 heteroatoms. The molecule has 17 heavy (non-hydrogen) atoms. The van der Waals surface area contributed by atoms with E-state index in [1.165, 1.54) is 12.1 Å². The number of carbonyl (C=O) groups is 1. The SMILES string of the molecule is O=C(c1ccc([N+](=O)[O-])s1)N1CCC[C@@H]1CO. The van der Waals surface area contributed by atoms with Gasteiger partial charge in [0.05, 0.1) is 22.4 Å². The standard InChI is InChI=1S/C10H12N2O4S/c13-6-7-2-1-5-11(7)10(14)8-3-4-9(17-8)12(15)16/h3-4,7,13H,1-2,5-6H2/t7-/m1/s1. The van der Waals surface area contributed by atoms with E-state index in [1.807, 2.05) is 0 Å². The normalized spacial score (nSPS) is 19.6. The van der Waals surface area contributed by atoms with Gasteiger partial charge in [-0.2, -0.15) is 0 Å². The minimum absolute atomic E-state index is 0.0342. The van der Waals surface area contributed by atoms with Gasteiger partial charge in [-0.15, -0.1) is 0 Å². The van der Waals surface area contributed by atoms with Crippen LogP contribution < -0.4 is 0 Å². The fourth-order valence-corrected chi connectivity index (χ4v) is 2.75. The molecule has 0 aromatic carbocycles. The number of hydrogen-bond acceptors (Lipinski definition) is 5. The van der Waals surface area contributed by atoms with Crippen LogP contribution in [0.4, 0.5) is 5.00 Å². The first-order valence-electron chi connectivity index (χ1n) is 5.29. The average Bonchev–Trinajstić information content (AvgIpc) is 2.96. The number of aliphatic hydroxyl groups is 1. The Morgan fingerprint density at radius 3 is 3.00 bits per heavy atom. The van der Waals surface area contributed by atoms with Crippen molar-refractivity contribution < 1.29 is 14.8 Å². The number of aliphatic hydroxyl groups excluding tert-OH is 1. The number of hydrogen-bond donors (Lipinski definition) is 1. The molecule has 1 aromatic heterocycles. The molecule has 0 spiro atoms. The summed E-state index contributed by atoms with van der Waals surface area (Å²) in [5.74, 6) is -0.223. The molecule has 92 valence electrons. The molecule has 1 aliphatic heterocycles. The van der Waals surface area contributed by atoms with Gasteiger partial charge in [0.1, 0.15) is 0 Å². The summed E-state index contributed by atoms with van der Waals surface area (Å²) >= 11 is 0.877. The van der Waals surface area contributed by atoms with E-state index in [1.54, 1.807) is 4.90 Å². The van der Waals surface area contributed by atoms with Crippen molar-refractivity contribution in [2.75, 3.05) is 13.2 Å². The molecule has 1 aliphatic rings. The highest BCUT2D eigenvalue weighted by Crippen LogP contribution is 2.27. The highest BCUT2D eigenvalue weighted by molar-refractivity contribution is 7.17. The second-order valence-corrected chi connectivity index (χ2v) is 4.93. The van der Waals surface area contributed by atoms with Crippen molar-refractivity contribution in [2.45, 2.75) is 18.9 Å². The first-order valence-corrected chi connectivity index (χ1v) is 6.11. The monoisotopic (exact) mass is 256 g/mol. The van der Waals surface area contributed by atoms with E-state index in [9.17, 15) is 14.9 Å². The topological polar surface area (TPSA) is 83.7 Å². The van der Waals surface area contributed by atoms with Crippen molar-refractivity contribution in [2.24, 2.45) is 0 Å². The van der Waals surface area contributed by atoms with Crippen LogP contribution >= 0.6 is 11.3 Å². The van der Waals surface area contributed by atoms with Crippen LogP contribution in [0.5, 0.6) is 0 Å². The average molecular weight is 256 g/mol. The fraction of sp³-hybridized carbons (Fsp3) is 0.500. The molecule has 1 fully saturated rings. The quantitative estimate of drug-likeness (QED) is 0.651. The highest BCUT2D eigenvalue weighted by atomic mass is 32.1. The minimum atomic E-state index is -0.505. The minimum Gasteiger partial charge on any atom is -0.394 e. The molecular formula is C10H12N2O4S. The van der Waals surface area contributed by atoms with Crippen molar-refractivity contribution in [1.82, 2.24) is 4.90 Å². The predicted molar refractivity (Wildman–Crippen MR) is 62.1 cm³/mol. The molecule has 0 radical (unpaired) electrons. The lowest BCUT2D eigenvalue weighted by Crippen LogP contribution is -2.37. The van der Waals surface area contributed by atoms with Gasteiger partial charge >= 0.3 is 5.00 Å². The van der Waals surface area contributed by atoms with Crippen LogP contribution in [0.25, 0.3) is 0 Å². The fourth-order valence-electron chi connectivity index (χ4n) is 1.98. The zero-order chi connectivity index (χ0) is 12.4. The zero-order valence-corrected chi connectivity index (χ0v) is 9.85. The summed E-state index contributed by atoms with van der Waals surface area (Å²) in [5.41, 5.74) is 0. The molecule has 1 saturated heterocycles. The van der Waals surface area contributed by atoms with Crippen molar-refractivity contribution in [1.29, 1.82) is 0 Å². The summed E-state index contributed by atoms with van der Waals surface area (Å²) in [4.78, 5) is 24.0. The Morgan fingerprint density at radius 2 is 2.41 bits per heavy atom. The summed E-state index contributed by atoms with van der Waals surface area (Å²) in [5, 5.41) is 19.6. The van der Waals surface area contributed by atoms with Gasteiger partial charge < -0.3 is 10.0 Å². The molecule has 0 bridgehead atoms. The molecule has 2 rings (SSSR count). The van der Waals surface area contributed by atoms with Gasteiger partial charge in [-0.3, -0.25) is 14.9 Å². The van der Waals surface area contributed by atoms with Crippen LogP contribution in [0.1, 0.15) is 22.5 Å². The summed E-state index contributed by atoms with van der Waals surface area (Å²) < 4.78 is 0. The lowest BCUT2D eigenvalue weighted by Gasteiger charge is -2.21. The van der Waals surface area contributed by atoms with Gasteiger partial charge in [0.25, 0.3) is 5.91 Å². The predicted octanol–water partition coefficient (Wildman–Crippen LogP) is 1.25. The van der Waals surface area contributed by atoms with E-state index in [4.69, 9.17) is 5.11 Å². The first-order chi connectivity index (χ1) is 8.13. The van der Waals surface area contributed by atoms with Crippen LogP contribution in [-0.4, -0.2) is 40.0 Å². The zero-order valence-electron chi connectivity index (χ0n) is 9.04. The molecule has 0 aliphatic carbocycles. The molecule has 1 aromatic rings. The summed E-state index contributed by atoms with van der Waals surface area (Å²) in [6.07, 6.45) is 1.65. The second-order valence-electron chi connectivity index (χ2n) is 3.87. The Morgan fingerprint density at radius 1 is 1.65 bits per heavy atom. The summed E-state index contributed by atoms with van der Waals surface area (Å²) in [7, 11) is 0. The van der Waals surface area contributed by atoms with Gasteiger partial charge in [0.2, 0.25) is 0 Å². The van der Waals surface area contributed by atoms with Crippen LogP contribution in [0.15, 0.2) is 12.1 Å². The number of nitrogens with zero attached hydrogens (tertiary/aromatic N) is 2. The Balaban J connectivity index is 2.16. The van der Waals surface area contributed by atoms with E-state index in [0.717, 1.165) is 24.2 Å². The number of carbonyl (C=O) groups excluding carboxylic acids is 1. The molecule has 2 heterocycles. The number of likely N-dealkylation sites (tertiary alicyclic amines) is 1. The van der Waals surface area contributed by atoms with Gasteiger partial charge in [-0.05, 0) is 18.9 Å². The van der Waals surface area contributed by atoms with Gasteiger partial charge in [-0.25, -0.2) is 0 Å². The Kier molecular flexibility index (Phi) is 3.39. The molecule has 0 unspecified atom stereocenters. The second kappa shape index (κ2) is 4.80. The van der Waals surface area contributed by atoms with Crippen LogP contribution in [0.2, 0.25) is 0 Å². The number of rotatable bonds is 3. The lowest BCUT2D eigenvalue weighted by molar-refractivity contribution is -0.380. The lowest BCUT2D eigenvalue weighted by atomic mass is 10.2. The Hall–Kier alpha value is -1.47. The van der Waals surface area contributed by atoms with Crippen molar-refractivity contribution in [3.05, 3.63) is 27.1 Å². The Bertz CT molecular complexity index is 445. The van der Waals surface area contributed by atoms with Crippen LogP contribution in [0, 0.1) is 10.1 Å². The molecule has 1 N–H and O–H groups in total. The maximum atomic E-state index is 12.1. The Labute approximate surface area is 102 Å². The highest BCUT2D eigenvalue weighted by Gasteiger charge is 2.30. The first kappa shape index (κ1) is 12.0. The number of amides is 1.